The molecule has 0 aliphatic heterocycles. The van der Waals surface area contributed by atoms with Crippen molar-refractivity contribution in [1.82, 2.24) is 19.3 Å². The molecule has 0 fully saturated rings. The summed E-state index contributed by atoms with van der Waals surface area (Å²) >= 11 is 0. The summed E-state index contributed by atoms with van der Waals surface area (Å²) in [5.41, 5.74) is 8.21. The van der Waals surface area contributed by atoms with Crippen molar-refractivity contribution < 1.29 is 4.74 Å². The lowest BCUT2D eigenvalue weighted by atomic mass is 9.98. The van der Waals surface area contributed by atoms with Gasteiger partial charge in [-0.2, -0.15) is 10.4 Å². The van der Waals surface area contributed by atoms with Crippen LogP contribution < -0.4 is 4.74 Å². The van der Waals surface area contributed by atoms with E-state index < -0.39 is 0 Å². The fraction of sp³-hybridized carbons (Fsp3) is 0.0571. The summed E-state index contributed by atoms with van der Waals surface area (Å²) in [5.74, 6) is 2.21. The van der Waals surface area contributed by atoms with E-state index >= 15 is 0 Å². The van der Waals surface area contributed by atoms with Crippen LogP contribution >= 0.6 is 0 Å². The number of aryl methyl sites for hydroxylation is 2. The number of pyridine rings is 1. The Balaban J connectivity index is 1.27. The molecule has 6 heteroatoms. The lowest BCUT2D eigenvalue weighted by Crippen LogP contribution is -1.97. The number of nitriles is 1. The Kier molecular flexibility index (Phi) is 5.84. The Morgan fingerprint density at radius 1 is 0.756 bits per heavy atom. The molecule has 7 rings (SSSR count). The first-order chi connectivity index (χ1) is 20.1. The average Bonchev–Trinajstić information content (AvgIpc) is 3.60. The Hall–Kier alpha value is -5.67. The number of rotatable bonds is 5. The van der Waals surface area contributed by atoms with E-state index in [2.05, 4.69) is 59.0 Å². The number of fused-ring (bicyclic) bond motifs is 3. The molecule has 196 valence electrons. The summed E-state index contributed by atoms with van der Waals surface area (Å²) in [7, 11) is 0. The molecular weight excluding hydrogens is 506 g/mol. The highest BCUT2D eigenvalue weighted by molar-refractivity contribution is 6.09. The van der Waals surface area contributed by atoms with Crippen molar-refractivity contribution in [2.45, 2.75) is 13.8 Å². The fourth-order valence-corrected chi connectivity index (χ4v) is 5.56. The van der Waals surface area contributed by atoms with Gasteiger partial charge in [0.05, 0.1) is 34.6 Å². The number of nitrogens with zero attached hydrogens (tertiary/aromatic N) is 5. The summed E-state index contributed by atoms with van der Waals surface area (Å²) in [4.78, 5) is 4.60. The molecule has 0 unspecified atom stereocenters. The molecule has 41 heavy (non-hydrogen) atoms. The van der Waals surface area contributed by atoms with Gasteiger partial charge in [0.1, 0.15) is 17.3 Å². The van der Waals surface area contributed by atoms with Gasteiger partial charge in [0, 0.05) is 40.9 Å². The SMILES string of the molecule is Cc1cccc(C)c1-c1cnn(-c2cccc(Oc3ccc4c5cc(C#N)ccc5n(-c5ccccn5)c4c3)c2)c1. The third-order valence-electron chi connectivity index (χ3n) is 7.42. The molecule has 3 heterocycles. The molecule has 3 aromatic heterocycles. The van der Waals surface area contributed by atoms with Crippen LogP contribution in [0.4, 0.5) is 0 Å². The van der Waals surface area contributed by atoms with Crippen molar-refractivity contribution in [2.75, 3.05) is 0 Å². The van der Waals surface area contributed by atoms with Crippen molar-refractivity contribution in [1.29, 1.82) is 5.26 Å². The van der Waals surface area contributed by atoms with Gasteiger partial charge in [0.15, 0.2) is 0 Å². The Morgan fingerprint density at radius 3 is 2.39 bits per heavy atom. The Morgan fingerprint density at radius 2 is 1.59 bits per heavy atom. The third kappa shape index (κ3) is 4.30. The average molecular weight is 532 g/mol. The van der Waals surface area contributed by atoms with Gasteiger partial charge in [-0.1, -0.05) is 30.3 Å². The van der Waals surface area contributed by atoms with Crippen molar-refractivity contribution in [3.63, 3.8) is 0 Å². The molecule has 0 atom stereocenters. The minimum absolute atomic E-state index is 0.620. The van der Waals surface area contributed by atoms with Gasteiger partial charge in [0.2, 0.25) is 0 Å². The predicted octanol–water partition coefficient (Wildman–Crippen LogP) is 8.31. The van der Waals surface area contributed by atoms with Crippen molar-refractivity contribution >= 4 is 21.8 Å². The topological polar surface area (TPSA) is 68.7 Å². The van der Waals surface area contributed by atoms with Crippen LogP contribution in [-0.2, 0) is 0 Å². The van der Waals surface area contributed by atoms with E-state index in [4.69, 9.17) is 4.74 Å². The monoisotopic (exact) mass is 531 g/mol. The van der Waals surface area contributed by atoms with Gasteiger partial charge in [-0.25, -0.2) is 9.67 Å². The number of aromatic nitrogens is 4. The standard InChI is InChI=1S/C35H25N5O/c1-23-7-5-8-24(2)35(23)26-21-38-39(22-26)27-9-6-10-28(18-27)41-29-13-14-30-31-17-25(20-36)12-15-32(31)40(33(30)19-29)34-11-3-4-16-37-34/h3-19,21-22H,1-2H3. The number of hydrogen-bond donors (Lipinski definition) is 0. The second kappa shape index (κ2) is 9.82. The van der Waals surface area contributed by atoms with Gasteiger partial charge >= 0.3 is 0 Å². The van der Waals surface area contributed by atoms with Crippen molar-refractivity contribution in [3.8, 4) is 40.2 Å². The first kappa shape index (κ1) is 24.4. The van der Waals surface area contributed by atoms with Crippen LogP contribution in [-0.4, -0.2) is 19.3 Å². The van der Waals surface area contributed by atoms with Crippen molar-refractivity contribution in [3.05, 3.63) is 132 Å². The highest BCUT2D eigenvalue weighted by Gasteiger charge is 2.15. The molecule has 0 aliphatic rings. The smallest absolute Gasteiger partial charge is 0.137 e. The molecule has 4 aromatic carbocycles. The summed E-state index contributed by atoms with van der Waals surface area (Å²) < 4.78 is 10.4. The summed E-state index contributed by atoms with van der Waals surface area (Å²) in [5, 5.41) is 16.2. The number of hydrogen-bond acceptors (Lipinski definition) is 4. The summed E-state index contributed by atoms with van der Waals surface area (Å²) in [6, 6.07) is 34.1. The molecule has 0 N–H and O–H groups in total. The summed E-state index contributed by atoms with van der Waals surface area (Å²) in [6.07, 6.45) is 5.75. The van der Waals surface area contributed by atoms with E-state index in [1.165, 1.54) is 16.7 Å². The normalized spacial score (nSPS) is 11.1. The van der Waals surface area contributed by atoms with Crippen LogP contribution in [0.5, 0.6) is 11.5 Å². The van der Waals surface area contributed by atoms with Gasteiger partial charge in [-0.3, -0.25) is 4.57 Å². The summed E-state index contributed by atoms with van der Waals surface area (Å²) in [6.45, 7) is 4.25. The van der Waals surface area contributed by atoms with Crippen LogP contribution in [0, 0.1) is 25.2 Å². The van der Waals surface area contributed by atoms with Crippen LogP contribution in [0.3, 0.4) is 0 Å². The fourth-order valence-electron chi connectivity index (χ4n) is 5.56. The molecule has 7 aromatic rings. The molecule has 0 radical (unpaired) electrons. The van der Waals surface area contributed by atoms with Gasteiger partial charge in [-0.15, -0.1) is 0 Å². The Bertz CT molecular complexity index is 2090. The Labute approximate surface area is 237 Å². The number of benzene rings is 4. The minimum atomic E-state index is 0.620. The molecule has 6 nitrogen and oxygen atoms in total. The van der Waals surface area contributed by atoms with E-state index in [9.17, 15) is 5.26 Å². The van der Waals surface area contributed by atoms with E-state index in [-0.39, 0.29) is 0 Å². The minimum Gasteiger partial charge on any atom is -0.457 e. The van der Waals surface area contributed by atoms with Crippen LogP contribution in [0.2, 0.25) is 0 Å². The van der Waals surface area contributed by atoms with Crippen molar-refractivity contribution in [2.24, 2.45) is 0 Å². The van der Waals surface area contributed by atoms with Gasteiger partial charge in [0.25, 0.3) is 0 Å². The zero-order valence-corrected chi connectivity index (χ0v) is 22.6. The number of ether oxygens (including phenoxy) is 1. The lowest BCUT2D eigenvalue weighted by Gasteiger charge is -2.10. The highest BCUT2D eigenvalue weighted by atomic mass is 16.5. The highest BCUT2D eigenvalue weighted by Crippen LogP contribution is 2.36. The third-order valence-corrected chi connectivity index (χ3v) is 7.42. The maximum atomic E-state index is 9.49. The van der Waals surface area contributed by atoms with Gasteiger partial charge in [-0.05, 0) is 85.1 Å². The predicted molar refractivity (Wildman–Crippen MR) is 162 cm³/mol. The van der Waals surface area contributed by atoms with Crippen LogP contribution in [0.15, 0.2) is 116 Å². The zero-order chi connectivity index (χ0) is 27.9. The largest absolute Gasteiger partial charge is 0.457 e. The maximum absolute atomic E-state index is 9.49. The molecule has 0 amide bonds. The van der Waals surface area contributed by atoms with Crippen LogP contribution in [0.25, 0.3) is 44.4 Å². The maximum Gasteiger partial charge on any atom is 0.137 e. The first-order valence-electron chi connectivity index (χ1n) is 13.4. The van der Waals surface area contributed by atoms with E-state index in [1.807, 2.05) is 89.7 Å². The van der Waals surface area contributed by atoms with E-state index in [0.29, 0.717) is 17.1 Å². The van der Waals surface area contributed by atoms with E-state index in [0.717, 1.165) is 38.9 Å². The molecule has 0 saturated carbocycles. The molecule has 0 saturated heterocycles. The van der Waals surface area contributed by atoms with Crippen LogP contribution in [0.1, 0.15) is 16.7 Å². The quantitative estimate of drug-likeness (QED) is 0.224. The van der Waals surface area contributed by atoms with Gasteiger partial charge < -0.3 is 4.74 Å². The van der Waals surface area contributed by atoms with E-state index in [1.54, 1.807) is 6.20 Å². The zero-order valence-electron chi connectivity index (χ0n) is 22.6. The second-order valence-electron chi connectivity index (χ2n) is 10.1. The lowest BCUT2D eigenvalue weighted by molar-refractivity contribution is 0.483. The molecular formula is C35H25N5O. The molecule has 0 aliphatic carbocycles. The first-order valence-corrected chi connectivity index (χ1v) is 13.4. The molecule has 0 bridgehead atoms. The second-order valence-corrected chi connectivity index (χ2v) is 10.1. The molecule has 0 spiro atoms.